The van der Waals surface area contributed by atoms with Gasteiger partial charge < -0.3 is 10.2 Å². The third kappa shape index (κ3) is 4.87. The van der Waals surface area contributed by atoms with Crippen molar-refractivity contribution in [2.24, 2.45) is 5.92 Å². The molecule has 0 radical (unpaired) electrons. The highest BCUT2D eigenvalue weighted by atomic mass is 35.5. The minimum absolute atomic E-state index is 0.0542. The lowest BCUT2D eigenvalue weighted by molar-refractivity contribution is -0.133. The number of carbonyl (C=O) groups excluding carboxylic acids is 2. The molecule has 11 heteroatoms. The number of halogens is 1. The van der Waals surface area contributed by atoms with Crippen molar-refractivity contribution >= 4 is 41.0 Å². The summed E-state index contributed by atoms with van der Waals surface area (Å²) in [4.78, 5) is 31.2. The van der Waals surface area contributed by atoms with Gasteiger partial charge >= 0.3 is 0 Å². The van der Waals surface area contributed by atoms with Gasteiger partial charge in [-0.3, -0.25) is 9.59 Å². The van der Waals surface area contributed by atoms with Crippen LogP contribution in [-0.4, -0.2) is 60.2 Å². The molecule has 1 saturated carbocycles. The first kappa shape index (κ1) is 20.1. The summed E-state index contributed by atoms with van der Waals surface area (Å²) >= 11 is 7.21. The molecule has 2 amide bonds. The zero-order chi connectivity index (χ0) is 20.4. The second-order valence-electron chi connectivity index (χ2n) is 7.35. The van der Waals surface area contributed by atoms with Crippen LogP contribution in [0.3, 0.4) is 0 Å². The zero-order valence-electron chi connectivity index (χ0n) is 16.0. The number of tetrazole rings is 1. The number of hydrogen-bond acceptors (Lipinski definition) is 7. The number of amides is 2. The molecule has 0 spiro atoms. The smallest absolute Gasteiger partial charge is 0.235 e. The normalized spacial score (nSPS) is 18.5. The molecule has 2 fully saturated rings. The summed E-state index contributed by atoms with van der Waals surface area (Å²) in [6.45, 7) is 3.00. The lowest BCUT2D eigenvalue weighted by atomic mass is 9.95. The lowest BCUT2D eigenvalue weighted by Crippen LogP contribution is -2.44. The molecule has 1 aliphatic heterocycles. The van der Waals surface area contributed by atoms with Gasteiger partial charge in [0.05, 0.1) is 16.3 Å². The molecular formula is C18H22ClN7O2S. The maximum Gasteiger partial charge on any atom is 0.235 e. The molecule has 1 N–H and O–H groups in total. The second kappa shape index (κ2) is 8.66. The molecule has 3 heterocycles. The third-order valence-electron chi connectivity index (χ3n) is 5.14. The number of rotatable bonds is 6. The van der Waals surface area contributed by atoms with Crippen LogP contribution in [0.2, 0.25) is 5.02 Å². The summed E-state index contributed by atoms with van der Waals surface area (Å²) in [7, 11) is 0. The first-order valence-corrected chi connectivity index (χ1v) is 10.9. The predicted molar refractivity (Wildman–Crippen MR) is 109 cm³/mol. The number of carbonyl (C=O) groups is 2. The van der Waals surface area contributed by atoms with E-state index < -0.39 is 0 Å². The highest BCUT2D eigenvalue weighted by Crippen LogP contribution is 2.37. The summed E-state index contributed by atoms with van der Waals surface area (Å²) in [5.74, 6) is 0.328. The Bertz CT molecular complexity index is 879. The molecule has 2 aliphatic rings. The van der Waals surface area contributed by atoms with Crippen LogP contribution in [0.25, 0.3) is 0 Å². The van der Waals surface area contributed by atoms with Crippen LogP contribution in [-0.2, 0) is 9.59 Å². The summed E-state index contributed by atoms with van der Waals surface area (Å²) in [6.07, 6.45) is 4.92. The number of thioether (sulfide) groups is 1. The van der Waals surface area contributed by atoms with Crippen molar-refractivity contribution in [1.82, 2.24) is 30.1 Å². The number of hydrogen-bond donors (Lipinski definition) is 1. The summed E-state index contributed by atoms with van der Waals surface area (Å²) in [5, 5.41) is 15.6. The van der Waals surface area contributed by atoms with E-state index in [0.717, 1.165) is 12.8 Å². The van der Waals surface area contributed by atoms with Gasteiger partial charge in [-0.05, 0) is 55.2 Å². The number of anilines is 1. The van der Waals surface area contributed by atoms with Crippen molar-refractivity contribution in [3.05, 3.63) is 23.4 Å². The van der Waals surface area contributed by atoms with Gasteiger partial charge in [0.15, 0.2) is 0 Å². The number of nitrogens with one attached hydrogen (secondary N) is 1. The molecule has 1 aliphatic carbocycles. The number of aromatic nitrogens is 5. The van der Waals surface area contributed by atoms with E-state index in [4.69, 9.17) is 11.6 Å². The Morgan fingerprint density at radius 1 is 1.24 bits per heavy atom. The van der Waals surface area contributed by atoms with Gasteiger partial charge in [-0.2, -0.15) is 0 Å². The number of pyridine rings is 1. The van der Waals surface area contributed by atoms with Gasteiger partial charge in [-0.1, -0.05) is 23.4 Å². The largest absolute Gasteiger partial charge is 0.342 e. The molecular weight excluding hydrogens is 414 g/mol. The molecule has 4 rings (SSSR count). The topological polar surface area (TPSA) is 106 Å². The van der Waals surface area contributed by atoms with Crippen LogP contribution in [0.1, 0.15) is 38.6 Å². The maximum absolute atomic E-state index is 12.8. The molecule has 9 nitrogen and oxygen atoms in total. The van der Waals surface area contributed by atoms with E-state index in [1.807, 2.05) is 16.5 Å². The average molecular weight is 436 g/mol. The van der Waals surface area contributed by atoms with Crippen molar-refractivity contribution in [3.63, 3.8) is 0 Å². The minimum atomic E-state index is -0.276. The van der Waals surface area contributed by atoms with E-state index in [0.29, 0.717) is 48.0 Å². The Labute approximate surface area is 177 Å². The highest BCUT2D eigenvalue weighted by Gasteiger charge is 2.32. The SMILES string of the molecule is CC(Sc1nnnn1C1CC1)C(=O)N1CCC(C(=O)Nc2ccc(Cl)cn2)CC1. The fourth-order valence-electron chi connectivity index (χ4n) is 3.32. The van der Waals surface area contributed by atoms with Crippen LogP contribution >= 0.6 is 23.4 Å². The molecule has 1 unspecified atom stereocenters. The fraction of sp³-hybridized carbons (Fsp3) is 0.556. The fourth-order valence-corrected chi connectivity index (χ4v) is 4.37. The molecule has 154 valence electrons. The predicted octanol–water partition coefficient (Wildman–Crippen LogP) is 2.41. The van der Waals surface area contributed by atoms with E-state index >= 15 is 0 Å². The zero-order valence-corrected chi connectivity index (χ0v) is 17.6. The van der Waals surface area contributed by atoms with Gasteiger partial charge in [0.25, 0.3) is 0 Å². The Kier molecular flexibility index (Phi) is 6.00. The van der Waals surface area contributed by atoms with E-state index in [-0.39, 0.29) is 23.0 Å². The molecule has 1 atom stereocenters. The quantitative estimate of drug-likeness (QED) is 0.694. The van der Waals surface area contributed by atoms with Crippen LogP contribution in [0.5, 0.6) is 0 Å². The Morgan fingerprint density at radius 2 is 2.00 bits per heavy atom. The Hall–Kier alpha value is -2.20. The monoisotopic (exact) mass is 435 g/mol. The van der Waals surface area contributed by atoms with Gasteiger partial charge in [0.2, 0.25) is 17.0 Å². The second-order valence-corrected chi connectivity index (χ2v) is 9.09. The number of nitrogens with zero attached hydrogens (tertiary/aromatic N) is 6. The Morgan fingerprint density at radius 3 is 2.66 bits per heavy atom. The first-order chi connectivity index (χ1) is 14.0. The van der Waals surface area contributed by atoms with E-state index in [2.05, 4.69) is 25.8 Å². The molecule has 0 bridgehead atoms. The molecule has 1 saturated heterocycles. The standard InChI is InChI=1S/C18H22ClN7O2S/c1-11(29-18-22-23-24-26(18)14-3-4-14)17(28)25-8-6-12(7-9-25)16(27)21-15-5-2-13(19)10-20-15/h2,5,10-12,14H,3-4,6-9H2,1H3,(H,20,21,27). The van der Waals surface area contributed by atoms with E-state index in [9.17, 15) is 9.59 Å². The maximum atomic E-state index is 12.8. The number of likely N-dealkylation sites (tertiary alicyclic amines) is 1. The van der Waals surface area contributed by atoms with Crippen molar-refractivity contribution in [3.8, 4) is 0 Å². The molecule has 29 heavy (non-hydrogen) atoms. The van der Waals surface area contributed by atoms with Gasteiger partial charge in [-0.15, -0.1) is 5.10 Å². The van der Waals surface area contributed by atoms with E-state index in [1.165, 1.54) is 18.0 Å². The van der Waals surface area contributed by atoms with Crippen LogP contribution in [0.4, 0.5) is 5.82 Å². The van der Waals surface area contributed by atoms with Gasteiger partial charge in [0.1, 0.15) is 5.82 Å². The van der Waals surface area contributed by atoms with Crippen molar-refractivity contribution in [2.75, 3.05) is 18.4 Å². The minimum Gasteiger partial charge on any atom is -0.342 e. The summed E-state index contributed by atoms with van der Waals surface area (Å²) in [6, 6.07) is 3.73. The van der Waals surface area contributed by atoms with Crippen LogP contribution in [0.15, 0.2) is 23.5 Å². The summed E-state index contributed by atoms with van der Waals surface area (Å²) < 4.78 is 1.82. The average Bonchev–Trinajstić information content (AvgIpc) is 3.48. The van der Waals surface area contributed by atoms with Crippen molar-refractivity contribution in [2.45, 2.75) is 49.1 Å². The molecule has 0 aromatic carbocycles. The van der Waals surface area contributed by atoms with E-state index in [1.54, 1.807) is 12.1 Å². The van der Waals surface area contributed by atoms with Crippen LogP contribution in [0, 0.1) is 5.92 Å². The van der Waals surface area contributed by atoms with Crippen molar-refractivity contribution in [1.29, 1.82) is 0 Å². The van der Waals surface area contributed by atoms with Gasteiger partial charge in [-0.25, -0.2) is 9.67 Å². The third-order valence-corrected chi connectivity index (χ3v) is 6.40. The molecule has 2 aromatic rings. The molecule has 2 aromatic heterocycles. The van der Waals surface area contributed by atoms with Crippen LogP contribution < -0.4 is 5.32 Å². The highest BCUT2D eigenvalue weighted by molar-refractivity contribution is 8.00. The lowest BCUT2D eigenvalue weighted by Gasteiger charge is -2.32. The first-order valence-electron chi connectivity index (χ1n) is 9.67. The number of piperidine rings is 1. The Balaban J connectivity index is 1.27. The van der Waals surface area contributed by atoms with Crippen molar-refractivity contribution < 1.29 is 9.59 Å². The van der Waals surface area contributed by atoms with Gasteiger partial charge in [0, 0.05) is 25.2 Å². The summed E-state index contributed by atoms with van der Waals surface area (Å²) in [5.41, 5.74) is 0.